The van der Waals surface area contributed by atoms with Crippen LogP contribution in [0.25, 0.3) is 5.69 Å². The van der Waals surface area contributed by atoms with Crippen LogP contribution in [-0.2, 0) is 4.74 Å². The first-order valence-electron chi connectivity index (χ1n) is 9.34. The maximum atomic E-state index is 12.4. The van der Waals surface area contributed by atoms with Crippen molar-refractivity contribution in [3.05, 3.63) is 74.3 Å². The molecule has 0 spiro atoms. The number of hydrogen-bond donors (Lipinski definition) is 1. The predicted octanol–water partition coefficient (Wildman–Crippen LogP) is 3.32. The number of thiophene rings is 1. The van der Waals surface area contributed by atoms with E-state index in [-0.39, 0.29) is 24.6 Å². The molecule has 1 unspecified atom stereocenters. The first-order chi connectivity index (χ1) is 15.0. The number of benzene rings is 1. The summed E-state index contributed by atoms with van der Waals surface area (Å²) in [7, 11) is 1.49. The van der Waals surface area contributed by atoms with Crippen LogP contribution in [0, 0.1) is 0 Å². The monoisotopic (exact) mass is 459 g/mol. The average Bonchev–Trinajstić information content (AvgIpc) is 3.37. The van der Waals surface area contributed by atoms with Crippen molar-refractivity contribution in [2.24, 2.45) is 0 Å². The van der Waals surface area contributed by atoms with Gasteiger partial charge in [-0.3, -0.25) is 19.1 Å². The highest BCUT2D eigenvalue weighted by Gasteiger charge is 2.34. The minimum absolute atomic E-state index is 0.163. The molecular formula is C21H18ClN3O5S. The summed E-state index contributed by atoms with van der Waals surface area (Å²) in [5, 5.41) is 2.75. The molecule has 1 saturated heterocycles. The molecule has 2 amide bonds. The molecule has 31 heavy (non-hydrogen) atoms. The first kappa shape index (κ1) is 21.0. The number of halogens is 1. The Morgan fingerprint density at radius 2 is 2.10 bits per heavy atom. The van der Waals surface area contributed by atoms with Crippen LogP contribution in [0.1, 0.15) is 9.67 Å². The quantitative estimate of drug-likeness (QED) is 0.610. The Kier molecular flexibility index (Phi) is 5.97. The van der Waals surface area contributed by atoms with Crippen LogP contribution in [0.2, 0.25) is 4.34 Å². The Hall–Kier alpha value is -3.30. The molecule has 8 nitrogen and oxygen atoms in total. The molecule has 1 N–H and O–H groups in total. The normalized spacial score (nSPS) is 15.6. The van der Waals surface area contributed by atoms with E-state index in [0.717, 1.165) is 0 Å². The highest BCUT2D eigenvalue weighted by molar-refractivity contribution is 7.18. The van der Waals surface area contributed by atoms with Gasteiger partial charge in [-0.2, -0.15) is 0 Å². The molecular weight excluding hydrogens is 442 g/mol. The molecule has 1 aliphatic rings. The van der Waals surface area contributed by atoms with Crippen LogP contribution in [0.3, 0.4) is 0 Å². The van der Waals surface area contributed by atoms with Crippen LogP contribution < -0.4 is 20.5 Å². The van der Waals surface area contributed by atoms with Crippen molar-refractivity contribution >= 4 is 40.6 Å². The van der Waals surface area contributed by atoms with Gasteiger partial charge in [-0.1, -0.05) is 17.7 Å². The molecule has 2 aromatic heterocycles. The number of carbonyl (C=O) groups is 2. The number of ether oxygens (including phenoxy) is 2. The van der Waals surface area contributed by atoms with Gasteiger partial charge >= 0.3 is 6.09 Å². The third-order valence-corrected chi connectivity index (χ3v) is 5.95. The van der Waals surface area contributed by atoms with E-state index < -0.39 is 12.2 Å². The topological polar surface area (TPSA) is 89.9 Å². The van der Waals surface area contributed by atoms with Crippen molar-refractivity contribution in [1.29, 1.82) is 0 Å². The number of amides is 2. The summed E-state index contributed by atoms with van der Waals surface area (Å²) in [6.07, 6.45) is 0.592. The third-order valence-electron chi connectivity index (χ3n) is 4.72. The van der Waals surface area contributed by atoms with Gasteiger partial charge in [-0.05, 0) is 30.3 Å². The summed E-state index contributed by atoms with van der Waals surface area (Å²) in [5.74, 6) is 0.143. The van der Waals surface area contributed by atoms with E-state index >= 15 is 0 Å². The van der Waals surface area contributed by atoms with E-state index in [1.807, 2.05) is 0 Å². The van der Waals surface area contributed by atoms with Crippen molar-refractivity contribution < 1.29 is 19.1 Å². The summed E-state index contributed by atoms with van der Waals surface area (Å²) in [6.45, 7) is 0.404. The lowest BCUT2D eigenvalue weighted by Gasteiger charge is -2.18. The van der Waals surface area contributed by atoms with Gasteiger partial charge in [0.25, 0.3) is 11.5 Å². The van der Waals surface area contributed by atoms with E-state index in [1.165, 1.54) is 34.0 Å². The van der Waals surface area contributed by atoms with Gasteiger partial charge in [0.2, 0.25) is 0 Å². The van der Waals surface area contributed by atoms with Crippen molar-refractivity contribution in [2.75, 3.05) is 25.1 Å². The Labute approximate surface area is 186 Å². The number of aromatic nitrogens is 1. The number of cyclic esters (lactones) is 1. The summed E-state index contributed by atoms with van der Waals surface area (Å²) < 4.78 is 12.8. The van der Waals surface area contributed by atoms with Gasteiger partial charge < -0.3 is 14.8 Å². The second-order valence-corrected chi connectivity index (χ2v) is 8.41. The number of nitrogens with one attached hydrogen (secondary N) is 1. The molecule has 0 radical (unpaired) electrons. The summed E-state index contributed by atoms with van der Waals surface area (Å²) in [4.78, 5) is 38.6. The highest BCUT2D eigenvalue weighted by atomic mass is 35.5. The van der Waals surface area contributed by atoms with E-state index in [2.05, 4.69) is 5.32 Å². The first-order valence-corrected chi connectivity index (χ1v) is 10.5. The second kappa shape index (κ2) is 8.83. The third kappa shape index (κ3) is 4.42. The molecule has 1 atom stereocenters. The van der Waals surface area contributed by atoms with Crippen molar-refractivity contribution in [2.45, 2.75) is 6.10 Å². The molecule has 0 saturated carbocycles. The number of nitrogens with zero attached hydrogens (tertiary/aromatic N) is 2. The Morgan fingerprint density at radius 1 is 1.26 bits per heavy atom. The number of methoxy groups -OCH3 is 1. The average molecular weight is 460 g/mol. The predicted molar refractivity (Wildman–Crippen MR) is 118 cm³/mol. The van der Waals surface area contributed by atoms with Crippen LogP contribution in [-0.4, -0.2) is 42.9 Å². The Balaban J connectivity index is 1.48. The fraction of sp³-hybridized carbons (Fsp3) is 0.190. The van der Waals surface area contributed by atoms with Crippen molar-refractivity contribution in [3.63, 3.8) is 0 Å². The van der Waals surface area contributed by atoms with Crippen LogP contribution in [0.4, 0.5) is 10.5 Å². The Bertz CT molecular complexity index is 1190. The molecule has 160 valence electrons. The van der Waals surface area contributed by atoms with Gasteiger partial charge in [0, 0.05) is 18.3 Å². The molecule has 10 heteroatoms. The van der Waals surface area contributed by atoms with Gasteiger partial charge in [0.05, 0.1) is 40.8 Å². The van der Waals surface area contributed by atoms with Crippen LogP contribution >= 0.6 is 22.9 Å². The number of rotatable bonds is 6. The maximum Gasteiger partial charge on any atom is 0.414 e. The number of pyridine rings is 1. The molecule has 0 aliphatic carbocycles. The van der Waals surface area contributed by atoms with E-state index in [9.17, 15) is 14.4 Å². The number of carbonyl (C=O) groups excluding carboxylic acids is 2. The zero-order valence-electron chi connectivity index (χ0n) is 16.4. The van der Waals surface area contributed by atoms with Gasteiger partial charge in [0.15, 0.2) is 0 Å². The van der Waals surface area contributed by atoms with Crippen molar-refractivity contribution in [3.8, 4) is 11.4 Å². The van der Waals surface area contributed by atoms with E-state index in [4.69, 9.17) is 21.1 Å². The zero-order valence-corrected chi connectivity index (χ0v) is 18.0. The van der Waals surface area contributed by atoms with Gasteiger partial charge in [-0.15, -0.1) is 11.3 Å². The lowest BCUT2D eigenvalue weighted by molar-refractivity contribution is 0.0920. The molecule has 1 aliphatic heterocycles. The fourth-order valence-corrected chi connectivity index (χ4v) is 4.19. The molecule has 3 heterocycles. The highest BCUT2D eigenvalue weighted by Crippen LogP contribution is 2.33. The minimum atomic E-state index is -0.540. The molecule has 1 fully saturated rings. The van der Waals surface area contributed by atoms with Crippen LogP contribution in [0.15, 0.2) is 59.5 Å². The van der Waals surface area contributed by atoms with E-state index in [0.29, 0.717) is 26.3 Å². The van der Waals surface area contributed by atoms with E-state index in [1.54, 1.807) is 48.7 Å². The minimum Gasteiger partial charge on any atom is -0.494 e. The molecule has 0 bridgehead atoms. The number of hydrogen-bond acceptors (Lipinski definition) is 6. The summed E-state index contributed by atoms with van der Waals surface area (Å²) in [6, 6.07) is 13.3. The summed E-state index contributed by atoms with van der Waals surface area (Å²) >= 11 is 7.03. The van der Waals surface area contributed by atoms with Gasteiger partial charge in [-0.25, -0.2) is 4.79 Å². The maximum absolute atomic E-state index is 12.4. The molecule has 3 aromatic rings. The zero-order chi connectivity index (χ0) is 22.0. The molecule has 4 rings (SSSR count). The molecule has 1 aromatic carbocycles. The lowest BCUT2D eigenvalue weighted by Crippen LogP contribution is -2.34. The standard InChI is InChI=1S/C21H18ClN3O5S/c1-29-16-10-13(24-9-3-2-4-19(24)26)5-6-15(16)25-12-14(30-21(25)28)11-23-20(27)17-7-8-18(22)31-17/h2-10,14H,11-12H2,1H3,(H,23,27). The second-order valence-electron chi connectivity index (χ2n) is 6.70. The van der Waals surface area contributed by atoms with Crippen molar-refractivity contribution in [1.82, 2.24) is 9.88 Å². The largest absolute Gasteiger partial charge is 0.494 e. The Morgan fingerprint density at radius 3 is 2.81 bits per heavy atom. The van der Waals surface area contributed by atoms with Gasteiger partial charge in [0.1, 0.15) is 11.9 Å². The van der Waals surface area contributed by atoms with Crippen LogP contribution in [0.5, 0.6) is 5.75 Å². The SMILES string of the molecule is COc1cc(-n2ccccc2=O)ccc1N1CC(CNC(=O)c2ccc(Cl)s2)OC1=O. The summed E-state index contributed by atoms with van der Waals surface area (Å²) in [5.41, 5.74) is 0.942. The fourth-order valence-electron chi connectivity index (χ4n) is 3.23. The number of anilines is 1. The lowest BCUT2D eigenvalue weighted by atomic mass is 10.2. The smallest absolute Gasteiger partial charge is 0.414 e.